The van der Waals surface area contributed by atoms with E-state index >= 15 is 0 Å². The Morgan fingerprint density at radius 1 is 1.27 bits per heavy atom. The molecule has 1 heterocycles. The van der Waals surface area contributed by atoms with Crippen LogP contribution >= 0.6 is 58.8 Å². The molecule has 2 rings (SSSR count). The van der Waals surface area contributed by atoms with E-state index in [2.05, 4.69) is 27.6 Å². The molecule has 1 aliphatic rings. The van der Waals surface area contributed by atoms with Crippen molar-refractivity contribution < 1.29 is 4.74 Å². The molecular weight excluding hydrogens is 509 g/mol. The van der Waals surface area contributed by atoms with Gasteiger partial charge in [-0.25, -0.2) is 0 Å². The first kappa shape index (κ1) is 23.9. The van der Waals surface area contributed by atoms with Crippen molar-refractivity contribution >= 4 is 64.7 Å². The van der Waals surface area contributed by atoms with Crippen LogP contribution in [0, 0.1) is 5.92 Å². The van der Waals surface area contributed by atoms with Crippen LogP contribution in [-0.4, -0.2) is 57.2 Å². The molecule has 0 radical (unpaired) electrons. The molecule has 1 aromatic carbocycles. The van der Waals surface area contributed by atoms with Crippen molar-refractivity contribution in [1.29, 1.82) is 0 Å². The summed E-state index contributed by atoms with van der Waals surface area (Å²) in [6.45, 7) is 6.95. The lowest BCUT2D eigenvalue weighted by molar-refractivity contribution is 0.322. The van der Waals surface area contributed by atoms with Crippen LogP contribution in [0.1, 0.15) is 13.3 Å². The fraction of sp³-hybridized carbons (Fsp3) is 0.588. The lowest BCUT2D eigenvalue weighted by Crippen LogP contribution is -2.39. The van der Waals surface area contributed by atoms with Crippen LogP contribution in [0.25, 0.3) is 0 Å². The topological polar surface area (TPSA) is 48.9 Å². The van der Waals surface area contributed by atoms with Gasteiger partial charge in [-0.05, 0) is 45.0 Å². The lowest BCUT2D eigenvalue weighted by Gasteiger charge is -2.14. The van der Waals surface area contributed by atoms with Crippen molar-refractivity contribution in [2.24, 2.45) is 10.9 Å². The fourth-order valence-electron chi connectivity index (χ4n) is 2.73. The molecule has 2 N–H and O–H groups in total. The number of benzene rings is 1. The molecule has 26 heavy (non-hydrogen) atoms. The standard InChI is InChI=1S/C17H25Cl3N4O.HI/c1-3-21-17(23-10-12-4-6-24(2)11-12)22-5-7-25-16-14(19)8-13(18)9-15(16)20;/h8-9,12H,3-7,10-11H2,1-2H3,(H2,21,22,23);1H. The molecule has 1 aliphatic heterocycles. The summed E-state index contributed by atoms with van der Waals surface area (Å²) in [6, 6.07) is 3.23. The summed E-state index contributed by atoms with van der Waals surface area (Å²) in [5, 5.41) is 7.81. The van der Waals surface area contributed by atoms with Crippen LogP contribution in [-0.2, 0) is 0 Å². The molecule has 0 spiro atoms. The molecule has 1 atom stereocenters. The second kappa shape index (κ2) is 12.3. The Labute approximate surface area is 187 Å². The number of hydrogen-bond donors (Lipinski definition) is 2. The van der Waals surface area contributed by atoms with E-state index in [-0.39, 0.29) is 24.0 Å². The van der Waals surface area contributed by atoms with E-state index in [9.17, 15) is 0 Å². The largest absolute Gasteiger partial charge is 0.489 e. The first-order valence-electron chi connectivity index (χ1n) is 8.47. The van der Waals surface area contributed by atoms with Crippen molar-refractivity contribution in [2.45, 2.75) is 13.3 Å². The van der Waals surface area contributed by atoms with E-state index in [0.717, 1.165) is 32.1 Å². The second-order valence-corrected chi connectivity index (χ2v) is 7.36. The van der Waals surface area contributed by atoms with Gasteiger partial charge in [0.05, 0.1) is 16.6 Å². The average molecular weight is 536 g/mol. The number of ether oxygens (including phenoxy) is 1. The molecule has 0 bridgehead atoms. The van der Waals surface area contributed by atoms with Crippen molar-refractivity contribution in [3.63, 3.8) is 0 Å². The maximum atomic E-state index is 6.11. The highest BCUT2D eigenvalue weighted by molar-refractivity contribution is 14.0. The first-order valence-corrected chi connectivity index (χ1v) is 9.61. The van der Waals surface area contributed by atoms with Crippen molar-refractivity contribution in [3.05, 3.63) is 27.2 Å². The number of halogens is 4. The minimum Gasteiger partial charge on any atom is -0.489 e. The minimum atomic E-state index is 0. The number of likely N-dealkylation sites (tertiary alicyclic amines) is 1. The summed E-state index contributed by atoms with van der Waals surface area (Å²) in [5.74, 6) is 1.88. The number of aliphatic imine (C=N–C) groups is 1. The van der Waals surface area contributed by atoms with E-state index < -0.39 is 0 Å². The third-order valence-corrected chi connectivity index (χ3v) is 4.72. The van der Waals surface area contributed by atoms with Gasteiger partial charge in [-0.3, -0.25) is 4.99 Å². The van der Waals surface area contributed by atoms with E-state index in [1.165, 1.54) is 6.42 Å². The van der Waals surface area contributed by atoms with Crippen LogP contribution in [0.4, 0.5) is 0 Å². The maximum Gasteiger partial charge on any atom is 0.191 e. The van der Waals surface area contributed by atoms with Crippen LogP contribution in [0.2, 0.25) is 15.1 Å². The molecule has 0 saturated carbocycles. The fourth-order valence-corrected chi connectivity index (χ4v) is 3.65. The summed E-state index contributed by atoms with van der Waals surface area (Å²) in [5.41, 5.74) is 0. The first-order chi connectivity index (χ1) is 12.0. The zero-order valence-electron chi connectivity index (χ0n) is 15.0. The van der Waals surface area contributed by atoms with E-state index in [1.807, 2.05) is 6.92 Å². The monoisotopic (exact) mass is 534 g/mol. The number of guanidine groups is 1. The molecule has 1 aromatic rings. The molecule has 148 valence electrons. The van der Waals surface area contributed by atoms with E-state index in [4.69, 9.17) is 39.5 Å². The van der Waals surface area contributed by atoms with Crippen LogP contribution < -0.4 is 15.4 Å². The Bertz CT molecular complexity index is 580. The molecule has 1 fully saturated rings. The summed E-state index contributed by atoms with van der Waals surface area (Å²) >= 11 is 18.1. The van der Waals surface area contributed by atoms with Gasteiger partial charge in [0.2, 0.25) is 0 Å². The molecule has 1 saturated heterocycles. The van der Waals surface area contributed by atoms with Gasteiger partial charge in [-0.1, -0.05) is 34.8 Å². The second-order valence-electron chi connectivity index (χ2n) is 6.11. The van der Waals surface area contributed by atoms with Gasteiger partial charge in [0.25, 0.3) is 0 Å². The SMILES string of the molecule is CCNC(=NCC1CCN(C)C1)NCCOc1c(Cl)cc(Cl)cc1Cl.I. The Balaban J connectivity index is 0.00000338. The van der Waals surface area contributed by atoms with E-state index in [0.29, 0.717) is 39.9 Å². The molecule has 1 unspecified atom stereocenters. The highest BCUT2D eigenvalue weighted by Gasteiger charge is 2.18. The molecule has 0 aliphatic carbocycles. The normalized spacial score (nSPS) is 17.7. The van der Waals surface area contributed by atoms with E-state index in [1.54, 1.807) is 12.1 Å². The highest BCUT2D eigenvalue weighted by atomic mass is 127. The molecule has 5 nitrogen and oxygen atoms in total. The number of nitrogens with one attached hydrogen (secondary N) is 2. The molecule has 0 aromatic heterocycles. The minimum absolute atomic E-state index is 0. The van der Waals surface area contributed by atoms with Crippen LogP contribution in [0.5, 0.6) is 5.75 Å². The third-order valence-electron chi connectivity index (χ3n) is 3.94. The third kappa shape index (κ3) is 7.84. The molecule has 0 amide bonds. The van der Waals surface area contributed by atoms with Crippen molar-refractivity contribution in [1.82, 2.24) is 15.5 Å². The Hall–Kier alpha value is -0.150. The Morgan fingerprint density at radius 3 is 2.54 bits per heavy atom. The Morgan fingerprint density at radius 2 is 1.96 bits per heavy atom. The predicted octanol–water partition coefficient (Wildman–Crippen LogP) is 4.15. The average Bonchev–Trinajstić information content (AvgIpc) is 2.96. The smallest absolute Gasteiger partial charge is 0.191 e. The van der Waals surface area contributed by atoms with Gasteiger partial charge in [-0.2, -0.15) is 0 Å². The number of rotatable bonds is 7. The summed E-state index contributed by atoms with van der Waals surface area (Å²) in [4.78, 5) is 7.01. The van der Waals surface area contributed by atoms with Crippen LogP contribution in [0.15, 0.2) is 17.1 Å². The molecule has 9 heteroatoms. The van der Waals surface area contributed by atoms with Gasteiger partial charge in [-0.15, -0.1) is 24.0 Å². The van der Waals surface area contributed by atoms with Crippen molar-refractivity contribution in [2.75, 3.05) is 46.4 Å². The summed E-state index contributed by atoms with van der Waals surface area (Å²) in [7, 11) is 2.15. The summed E-state index contributed by atoms with van der Waals surface area (Å²) in [6.07, 6.45) is 1.20. The predicted molar refractivity (Wildman–Crippen MR) is 122 cm³/mol. The lowest BCUT2D eigenvalue weighted by atomic mass is 10.1. The maximum absolute atomic E-state index is 6.11. The quantitative estimate of drug-likeness (QED) is 0.238. The van der Waals surface area contributed by atoms with Gasteiger partial charge < -0.3 is 20.3 Å². The van der Waals surface area contributed by atoms with Gasteiger partial charge in [0.1, 0.15) is 6.61 Å². The van der Waals surface area contributed by atoms with Crippen LogP contribution in [0.3, 0.4) is 0 Å². The number of nitrogens with zero attached hydrogens (tertiary/aromatic N) is 2. The molecular formula is C17H26Cl3IN4O. The number of hydrogen-bond acceptors (Lipinski definition) is 3. The van der Waals surface area contributed by atoms with Gasteiger partial charge in [0.15, 0.2) is 11.7 Å². The van der Waals surface area contributed by atoms with Gasteiger partial charge >= 0.3 is 0 Å². The van der Waals surface area contributed by atoms with Gasteiger partial charge in [0, 0.05) is 24.7 Å². The zero-order chi connectivity index (χ0) is 18.2. The van der Waals surface area contributed by atoms with Crippen molar-refractivity contribution in [3.8, 4) is 5.75 Å². The highest BCUT2D eigenvalue weighted by Crippen LogP contribution is 2.35. The Kier molecular flexibility index (Phi) is 11.3. The zero-order valence-corrected chi connectivity index (χ0v) is 19.6. The summed E-state index contributed by atoms with van der Waals surface area (Å²) < 4.78 is 5.67.